The number of likely N-dealkylation sites (N-methyl/N-ethyl adjacent to an activating group) is 1. The molecule has 0 saturated heterocycles. The van der Waals surface area contributed by atoms with Gasteiger partial charge in [0.1, 0.15) is 11.9 Å². The molecule has 88 valence electrons. The van der Waals surface area contributed by atoms with Gasteiger partial charge in [-0.3, -0.25) is 0 Å². The second-order valence-electron chi connectivity index (χ2n) is 4.71. The summed E-state index contributed by atoms with van der Waals surface area (Å²) in [5.74, 6) is 1.11. The Morgan fingerprint density at radius 2 is 1.94 bits per heavy atom. The summed E-state index contributed by atoms with van der Waals surface area (Å²) in [6.45, 7) is 8.66. The molecule has 2 atom stereocenters. The van der Waals surface area contributed by atoms with Crippen molar-refractivity contribution >= 4 is 0 Å². The predicted molar refractivity (Wildman–Crippen MR) is 67.2 cm³/mol. The zero-order chi connectivity index (χ0) is 11.9. The summed E-state index contributed by atoms with van der Waals surface area (Å²) >= 11 is 0. The molecule has 2 unspecified atom stereocenters. The van der Waals surface area contributed by atoms with Gasteiger partial charge in [0.15, 0.2) is 0 Å². The minimum Gasteiger partial charge on any atom is -0.488 e. The zero-order valence-corrected chi connectivity index (χ0v) is 10.8. The number of ether oxygens (including phenoxy) is 1. The van der Waals surface area contributed by atoms with Crippen LogP contribution in [0.25, 0.3) is 0 Å². The molecule has 1 aliphatic heterocycles. The van der Waals surface area contributed by atoms with Crippen molar-refractivity contribution in [3.8, 4) is 5.75 Å². The van der Waals surface area contributed by atoms with E-state index in [2.05, 4.69) is 39.1 Å². The summed E-state index contributed by atoms with van der Waals surface area (Å²) in [5.41, 5.74) is 5.31. The van der Waals surface area contributed by atoms with Crippen molar-refractivity contribution in [2.75, 3.05) is 7.05 Å². The predicted octanol–water partition coefficient (Wildman–Crippen LogP) is 3.04. The smallest absolute Gasteiger partial charge is 0.128 e. The van der Waals surface area contributed by atoms with Gasteiger partial charge in [0.2, 0.25) is 0 Å². The average Bonchev–Trinajstić information content (AvgIpc) is 2.64. The Morgan fingerprint density at radius 3 is 2.50 bits per heavy atom. The van der Waals surface area contributed by atoms with Crippen LogP contribution in [0.2, 0.25) is 0 Å². The van der Waals surface area contributed by atoms with Gasteiger partial charge in [-0.2, -0.15) is 0 Å². The highest BCUT2D eigenvalue weighted by Gasteiger charge is 2.34. The van der Waals surface area contributed by atoms with Crippen LogP contribution in [-0.4, -0.2) is 13.2 Å². The van der Waals surface area contributed by atoms with Gasteiger partial charge in [-0.1, -0.05) is 13.0 Å². The van der Waals surface area contributed by atoms with E-state index in [1.54, 1.807) is 0 Å². The van der Waals surface area contributed by atoms with Crippen LogP contribution in [0, 0.1) is 20.8 Å². The van der Waals surface area contributed by atoms with E-state index < -0.39 is 0 Å². The van der Waals surface area contributed by atoms with Gasteiger partial charge in [0, 0.05) is 5.56 Å². The molecule has 0 aromatic heterocycles. The first-order valence-corrected chi connectivity index (χ1v) is 6.04. The molecular formula is C14H21NO. The fourth-order valence-electron chi connectivity index (χ4n) is 2.66. The molecule has 0 fully saturated rings. The average molecular weight is 219 g/mol. The summed E-state index contributed by atoms with van der Waals surface area (Å²) in [5, 5.41) is 3.38. The number of benzene rings is 1. The molecule has 2 rings (SSSR count). The van der Waals surface area contributed by atoms with Gasteiger partial charge in [-0.15, -0.1) is 0 Å². The summed E-state index contributed by atoms with van der Waals surface area (Å²) in [6.07, 6.45) is 1.32. The van der Waals surface area contributed by atoms with Gasteiger partial charge in [-0.05, 0) is 50.9 Å². The van der Waals surface area contributed by atoms with Crippen LogP contribution in [0.1, 0.15) is 41.6 Å². The summed E-state index contributed by atoms with van der Waals surface area (Å²) in [6, 6.07) is 2.61. The molecule has 0 bridgehead atoms. The second-order valence-corrected chi connectivity index (χ2v) is 4.71. The molecule has 1 N–H and O–H groups in total. The standard InChI is InChI=1S/C14H21NO/c1-6-11-13(15-5)12-9(3)7-8(2)10(4)14(12)16-11/h7,11,13,15H,6H2,1-5H3. The van der Waals surface area contributed by atoms with E-state index in [4.69, 9.17) is 4.74 Å². The highest BCUT2D eigenvalue weighted by atomic mass is 16.5. The number of fused-ring (bicyclic) bond motifs is 1. The Hall–Kier alpha value is -1.02. The molecule has 1 aliphatic rings. The van der Waals surface area contributed by atoms with Crippen LogP contribution >= 0.6 is 0 Å². The van der Waals surface area contributed by atoms with Gasteiger partial charge in [0.05, 0.1) is 6.04 Å². The lowest BCUT2D eigenvalue weighted by molar-refractivity contribution is 0.188. The molecule has 0 spiro atoms. The minimum atomic E-state index is 0.277. The van der Waals surface area contributed by atoms with E-state index in [-0.39, 0.29) is 6.10 Å². The molecule has 16 heavy (non-hydrogen) atoms. The van der Waals surface area contributed by atoms with Crippen LogP contribution in [0.3, 0.4) is 0 Å². The zero-order valence-electron chi connectivity index (χ0n) is 10.8. The normalized spacial score (nSPS) is 23.1. The number of nitrogens with one attached hydrogen (secondary N) is 1. The quantitative estimate of drug-likeness (QED) is 0.825. The Labute approximate surface area is 98.0 Å². The van der Waals surface area contributed by atoms with Gasteiger partial charge in [-0.25, -0.2) is 0 Å². The van der Waals surface area contributed by atoms with E-state index in [0.29, 0.717) is 6.04 Å². The van der Waals surface area contributed by atoms with E-state index in [0.717, 1.165) is 12.2 Å². The van der Waals surface area contributed by atoms with Crippen molar-refractivity contribution in [1.29, 1.82) is 0 Å². The van der Waals surface area contributed by atoms with Crippen LogP contribution in [0.5, 0.6) is 5.75 Å². The Balaban J connectivity index is 2.57. The third kappa shape index (κ3) is 1.52. The van der Waals surface area contributed by atoms with Gasteiger partial charge < -0.3 is 10.1 Å². The maximum atomic E-state index is 6.09. The fourth-order valence-corrected chi connectivity index (χ4v) is 2.66. The van der Waals surface area contributed by atoms with Crippen molar-refractivity contribution in [2.45, 2.75) is 46.3 Å². The Kier molecular flexibility index (Phi) is 2.94. The van der Waals surface area contributed by atoms with Crippen molar-refractivity contribution in [3.05, 3.63) is 28.3 Å². The summed E-state index contributed by atoms with van der Waals surface area (Å²) in [4.78, 5) is 0. The Morgan fingerprint density at radius 1 is 1.25 bits per heavy atom. The molecule has 0 amide bonds. The third-order valence-corrected chi connectivity index (χ3v) is 3.70. The summed E-state index contributed by atoms with van der Waals surface area (Å²) < 4.78 is 6.09. The maximum Gasteiger partial charge on any atom is 0.128 e. The Bertz CT molecular complexity index is 412. The van der Waals surface area contributed by atoms with Crippen LogP contribution in [-0.2, 0) is 0 Å². The van der Waals surface area contributed by atoms with Crippen molar-refractivity contribution in [1.82, 2.24) is 5.32 Å². The highest BCUT2D eigenvalue weighted by Crippen LogP contribution is 2.43. The number of hydrogen-bond acceptors (Lipinski definition) is 2. The van der Waals surface area contributed by atoms with Gasteiger partial charge in [0.25, 0.3) is 0 Å². The van der Waals surface area contributed by atoms with E-state index in [9.17, 15) is 0 Å². The fraction of sp³-hybridized carbons (Fsp3) is 0.571. The molecular weight excluding hydrogens is 198 g/mol. The number of aryl methyl sites for hydroxylation is 2. The summed E-state index contributed by atoms with van der Waals surface area (Å²) in [7, 11) is 2.01. The molecule has 1 aromatic rings. The topological polar surface area (TPSA) is 21.3 Å². The first kappa shape index (κ1) is 11.5. The first-order valence-electron chi connectivity index (χ1n) is 6.04. The molecule has 1 aromatic carbocycles. The molecule has 0 aliphatic carbocycles. The lowest BCUT2D eigenvalue weighted by Gasteiger charge is -2.17. The van der Waals surface area contributed by atoms with Crippen LogP contribution < -0.4 is 10.1 Å². The van der Waals surface area contributed by atoms with E-state index in [1.807, 2.05) is 7.05 Å². The molecule has 0 saturated carbocycles. The largest absolute Gasteiger partial charge is 0.488 e. The van der Waals surface area contributed by atoms with Crippen molar-refractivity contribution < 1.29 is 4.74 Å². The minimum absolute atomic E-state index is 0.277. The number of rotatable bonds is 2. The SMILES string of the molecule is CCC1Oc2c(C)c(C)cc(C)c2C1NC. The van der Waals surface area contributed by atoms with Crippen LogP contribution in [0.15, 0.2) is 6.07 Å². The molecule has 2 nitrogen and oxygen atoms in total. The van der Waals surface area contributed by atoms with Gasteiger partial charge >= 0.3 is 0 Å². The van der Waals surface area contributed by atoms with Crippen LogP contribution in [0.4, 0.5) is 0 Å². The second kappa shape index (κ2) is 4.10. The number of hydrogen-bond donors (Lipinski definition) is 1. The van der Waals surface area contributed by atoms with E-state index in [1.165, 1.54) is 22.3 Å². The maximum absolute atomic E-state index is 6.09. The first-order chi connectivity index (χ1) is 7.60. The van der Waals surface area contributed by atoms with E-state index >= 15 is 0 Å². The monoisotopic (exact) mass is 219 g/mol. The molecule has 1 heterocycles. The lowest BCUT2D eigenvalue weighted by atomic mass is 9.93. The third-order valence-electron chi connectivity index (χ3n) is 3.70. The van der Waals surface area contributed by atoms with Crippen molar-refractivity contribution in [3.63, 3.8) is 0 Å². The lowest BCUT2D eigenvalue weighted by Crippen LogP contribution is -2.27. The molecule has 0 radical (unpaired) electrons. The van der Waals surface area contributed by atoms with Crippen molar-refractivity contribution in [2.24, 2.45) is 0 Å². The molecule has 2 heteroatoms. The highest BCUT2D eigenvalue weighted by molar-refractivity contribution is 5.54.